The number of aromatic amines is 1. The Kier molecular flexibility index (Phi) is 7.24. The molecule has 0 aliphatic carbocycles. The molecule has 0 radical (unpaired) electrons. The summed E-state index contributed by atoms with van der Waals surface area (Å²) >= 11 is 0.834. The largest absolute Gasteiger partial charge is 0.425 e. The minimum absolute atomic E-state index is 0.0635. The molecule has 1 aromatic heterocycles. The second-order valence-corrected chi connectivity index (χ2v) is 10.1. The van der Waals surface area contributed by atoms with Gasteiger partial charge in [0.25, 0.3) is 11.1 Å². The van der Waals surface area contributed by atoms with Gasteiger partial charge in [0.1, 0.15) is 0 Å². The van der Waals surface area contributed by atoms with Crippen molar-refractivity contribution in [2.75, 3.05) is 13.1 Å². The first kappa shape index (κ1) is 26.9. The molecule has 0 amide bonds. The van der Waals surface area contributed by atoms with Crippen LogP contribution >= 0.6 is 11.8 Å². The lowest BCUT2D eigenvalue weighted by atomic mass is 9.86. The molecule has 0 saturated heterocycles. The third-order valence-corrected chi connectivity index (χ3v) is 7.27. The number of hydrogen-bond acceptors (Lipinski definition) is 4. The van der Waals surface area contributed by atoms with Crippen LogP contribution in [-0.4, -0.2) is 50.5 Å². The SMILES string of the molecule is Cc1[nH]n(-c2ccccc2)c(=O)c1C(N(CCc1ccccc1)C1=NCC(C)S1)(C(F)(F)F)C(F)(F)F. The highest BCUT2D eigenvalue weighted by Crippen LogP contribution is 2.55. The molecule has 0 bridgehead atoms. The Hall–Kier alpha value is -3.15. The minimum Gasteiger partial charge on any atom is -0.325 e. The Balaban J connectivity index is 1.99. The maximum atomic E-state index is 15.1. The van der Waals surface area contributed by atoms with E-state index in [1.165, 1.54) is 24.3 Å². The average molecular weight is 543 g/mol. The van der Waals surface area contributed by atoms with Gasteiger partial charge in [-0.05, 0) is 31.0 Å². The van der Waals surface area contributed by atoms with E-state index in [0.717, 1.165) is 18.7 Å². The van der Waals surface area contributed by atoms with Gasteiger partial charge in [0, 0.05) is 17.5 Å². The third-order valence-electron chi connectivity index (χ3n) is 6.16. The molecule has 0 saturated carbocycles. The van der Waals surface area contributed by atoms with Gasteiger partial charge >= 0.3 is 12.4 Å². The van der Waals surface area contributed by atoms with E-state index in [1.807, 2.05) is 0 Å². The Morgan fingerprint density at radius 1 is 1.00 bits per heavy atom. The number of aryl methyl sites for hydroxylation is 1. The fourth-order valence-electron chi connectivity index (χ4n) is 4.52. The van der Waals surface area contributed by atoms with Crippen molar-refractivity contribution in [3.63, 3.8) is 0 Å². The van der Waals surface area contributed by atoms with Gasteiger partial charge in [-0.25, -0.2) is 4.68 Å². The molecule has 1 N–H and O–H groups in total. The van der Waals surface area contributed by atoms with Crippen LogP contribution in [0.4, 0.5) is 26.3 Å². The molecule has 198 valence electrons. The van der Waals surface area contributed by atoms with E-state index >= 15 is 26.3 Å². The second-order valence-electron chi connectivity index (χ2n) is 8.73. The summed E-state index contributed by atoms with van der Waals surface area (Å²) in [6, 6.07) is 15.7. The van der Waals surface area contributed by atoms with Crippen molar-refractivity contribution >= 4 is 16.9 Å². The van der Waals surface area contributed by atoms with Gasteiger partial charge in [-0.2, -0.15) is 26.3 Å². The summed E-state index contributed by atoms with van der Waals surface area (Å²) in [7, 11) is 0. The summed E-state index contributed by atoms with van der Waals surface area (Å²) in [4.78, 5) is 17.7. The van der Waals surface area contributed by atoms with E-state index in [1.54, 1.807) is 43.3 Å². The topological polar surface area (TPSA) is 53.4 Å². The van der Waals surface area contributed by atoms with Crippen molar-refractivity contribution in [1.82, 2.24) is 14.7 Å². The number of alkyl halides is 6. The number of H-pyrrole nitrogens is 1. The normalized spacial score (nSPS) is 16.6. The smallest absolute Gasteiger partial charge is 0.325 e. The van der Waals surface area contributed by atoms with Crippen LogP contribution in [-0.2, 0) is 12.0 Å². The zero-order chi connectivity index (χ0) is 27.0. The molecule has 2 heterocycles. The van der Waals surface area contributed by atoms with Crippen LogP contribution in [0.5, 0.6) is 0 Å². The number of amidine groups is 1. The first-order valence-corrected chi connectivity index (χ1v) is 12.3. The van der Waals surface area contributed by atoms with Gasteiger partial charge in [-0.15, -0.1) is 0 Å². The number of aliphatic imine (C=N–C) groups is 1. The van der Waals surface area contributed by atoms with Gasteiger partial charge < -0.3 is 4.90 Å². The zero-order valence-electron chi connectivity index (χ0n) is 19.9. The summed E-state index contributed by atoms with van der Waals surface area (Å²) in [5.74, 6) is 0. The fourth-order valence-corrected chi connectivity index (χ4v) is 5.53. The molecule has 37 heavy (non-hydrogen) atoms. The molecule has 1 aliphatic rings. The highest BCUT2D eigenvalue weighted by molar-refractivity contribution is 8.14. The lowest BCUT2D eigenvalue weighted by molar-refractivity contribution is -0.337. The minimum atomic E-state index is -5.92. The molecule has 5 nitrogen and oxygen atoms in total. The maximum Gasteiger partial charge on any atom is 0.425 e. The van der Waals surface area contributed by atoms with Crippen LogP contribution in [0.25, 0.3) is 5.69 Å². The predicted molar refractivity (Wildman–Crippen MR) is 131 cm³/mol. The second kappa shape index (κ2) is 9.96. The molecular formula is C25H24F6N4OS. The first-order valence-electron chi connectivity index (χ1n) is 11.4. The van der Waals surface area contributed by atoms with Crippen molar-refractivity contribution in [3.8, 4) is 5.69 Å². The monoisotopic (exact) mass is 542 g/mol. The number of aromatic nitrogens is 2. The molecule has 1 unspecified atom stereocenters. The Morgan fingerprint density at radius 2 is 1.57 bits per heavy atom. The number of thioether (sulfide) groups is 1. The van der Waals surface area contributed by atoms with E-state index in [9.17, 15) is 4.79 Å². The Morgan fingerprint density at radius 3 is 2.08 bits per heavy atom. The number of halogens is 6. The molecular weight excluding hydrogens is 518 g/mol. The van der Waals surface area contributed by atoms with Gasteiger partial charge in [0.05, 0.1) is 17.8 Å². The summed E-state index contributed by atoms with van der Waals surface area (Å²) in [5, 5.41) is 1.72. The van der Waals surface area contributed by atoms with Crippen molar-refractivity contribution in [3.05, 3.63) is 87.8 Å². The molecule has 4 rings (SSSR count). The first-order chi connectivity index (χ1) is 17.4. The Bertz CT molecular complexity index is 1300. The quantitative estimate of drug-likeness (QED) is 0.399. The summed E-state index contributed by atoms with van der Waals surface area (Å²) in [6.07, 6.45) is -12.0. The third kappa shape index (κ3) is 4.78. The molecule has 0 fully saturated rings. The van der Waals surface area contributed by atoms with Crippen molar-refractivity contribution in [2.45, 2.75) is 43.4 Å². The van der Waals surface area contributed by atoms with E-state index < -0.39 is 46.4 Å². The van der Waals surface area contributed by atoms with Crippen LogP contribution < -0.4 is 5.56 Å². The van der Waals surface area contributed by atoms with Crippen LogP contribution in [0.1, 0.15) is 23.7 Å². The van der Waals surface area contributed by atoms with Gasteiger partial charge in [-0.3, -0.25) is 14.9 Å². The van der Waals surface area contributed by atoms with Crippen LogP contribution in [0.2, 0.25) is 0 Å². The number of para-hydroxylation sites is 1. The molecule has 1 atom stereocenters. The summed E-state index contributed by atoms with van der Waals surface area (Å²) in [6.45, 7) is 2.11. The molecule has 3 aromatic rings. The number of nitrogens with zero attached hydrogens (tertiary/aromatic N) is 3. The average Bonchev–Trinajstić information content (AvgIpc) is 3.39. The van der Waals surface area contributed by atoms with E-state index in [-0.39, 0.29) is 28.8 Å². The molecule has 12 heteroatoms. The van der Waals surface area contributed by atoms with E-state index in [2.05, 4.69) is 10.1 Å². The van der Waals surface area contributed by atoms with Crippen LogP contribution in [0.15, 0.2) is 70.5 Å². The maximum absolute atomic E-state index is 15.1. The lowest BCUT2D eigenvalue weighted by Crippen LogP contribution is -2.67. The predicted octanol–water partition coefficient (Wildman–Crippen LogP) is 5.83. The number of hydrogen-bond donors (Lipinski definition) is 1. The molecule has 0 spiro atoms. The molecule has 2 aromatic carbocycles. The Labute approximate surface area is 213 Å². The number of nitrogens with one attached hydrogen (secondary N) is 1. The summed E-state index contributed by atoms with van der Waals surface area (Å²) < 4.78 is 91.1. The van der Waals surface area contributed by atoms with Crippen LogP contribution in [0, 0.1) is 6.92 Å². The molecule has 1 aliphatic heterocycles. The van der Waals surface area contributed by atoms with Crippen molar-refractivity contribution < 1.29 is 26.3 Å². The number of benzene rings is 2. The highest BCUT2D eigenvalue weighted by Gasteiger charge is 2.77. The van der Waals surface area contributed by atoms with Gasteiger partial charge in [-0.1, -0.05) is 67.2 Å². The zero-order valence-corrected chi connectivity index (χ0v) is 20.7. The van der Waals surface area contributed by atoms with Crippen molar-refractivity contribution in [1.29, 1.82) is 0 Å². The van der Waals surface area contributed by atoms with Gasteiger partial charge in [0.15, 0.2) is 5.17 Å². The van der Waals surface area contributed by atoms with E-state index in [4.69, 9.17) is 0 Å². The number of rotatable bonds is 6. The van der Waals surface area contributed by atoms with Gasteiger partial charge in [0.2, 0.25) is 0 Å². The van der Waals surface area contributed by atoms with E-state index in [0.29, 0.717) is 10.2 Å². The lowest BCUT2D eigenvalue weighted by Gasteiger charge is -2.46. The summed E-state index contributed by atoms with van der Waals surface area (Å²) in [5.41, 5.74) is -7.37. The standard InChI is InChI=1S/C25H24F6N4OS/c1-16-15-32-22(37-16)34(14-13-18-9-5-3-6-10-18)23(24(26,27)28,25(29,30)31)20-17(2)33-35(21(20)36)19-11-7-4-8-12-19/h3-12,16,33H,13-15H2,1-2H3. The van der Waals surface area contributed by atoms with Crippen LogP contribution in [0.3, 0.4) is 0 Å². The fraction of sp³-hybridized carbons (Fsp3) is 0.360. The highest BCUT2D eigenvalue weighted by atomic mass is 32.2. The van der Waals surface area contributed by atoms with Crippen molar-refractivity contribution in [2.24, 2.45) is 4.99 Å².